The number of amides is 3. The molecule has 0 aromatic heterocycles. The van der Waals surface area contributed by atoms with E-state index in [-0.39, 0.29) is 12.5 Å². The van der Waals surface area contributed by atoms with Crippen LogP contribution in [-0.4, -0.2) is 41.0 Å². The maximum Gasteiger partial charge on any atom is 0.408 e. The number of ether oxygens (including phenoxy) is 1. The number of anilines is 1. The van der Waals surface area contributed by atoms with E-state index in [1.165, 1.54) is 4.90 Å². The smallest absolute Gasteiger partial charge is 0.408 e. The van der Waals surface area contributed by atoms with Crippen LogP contribution >= 0.6 is 0 Å². The average molecular weight is 480 g/mol. The van der Waals surface area contributed by atoms with Crippen molar-refractivity contribution in [2.45, 2.75) is 66.2 Å². The molecule has 0 aliphatic heterocycles. The highest BCUT2D eigenvalue weighted by Gasteiger charge is 2.35. The molecule has 35 heavy (non-hydrogen) atoms. The van der Waals surface area contributed by atoms with Crippen molar-refractivity contribution in [3.63, 3.8) is 0 Å². The summed E-state index contributed by atoms with van der Waals surface area (Å²) in [6.07, 6.45) is 0.865. The van der Waals surface area contributed by atoms with Gasteiger partial charge in [-0.2, -0.15) is 0 Å². The summed E-state index contributed by atoms with van der Waals surface area (Å²) >= 11 is 0. The molecule has 3 amide bonds. The van der Waals surface area contributed by atoms with Crippen LogP contribution in [0.15, 0.2) is 55.1 Å². The van der Waals surface area contributed by atoms with Gasteiger partial charge in [-0.1, -0.05) is 42.5 Å². The zero-order chi connectivity index (χ0) is 26.3. The summed E-state index contributed by atoms with van der Waals surface area (Å²) in [5.74, 6) is -0.778. The lowest BCUT2D eigenvalue weighted by molar-refractivity contribution is -0.139. The molecule has 0 fully saturated rings. The highest BCUT2D eigenvalue weighted by molar-refractivity contribution is 5.99. The molecule has 7 heteroatoms. The third-order valence-corrected chi connectivity index (χ3v) is 5.49. The fourth-order valence-electron chi connectivity index (χ4n) is 3.86. The number of hydrogen-bond donors (Lipinski definition) is 2. The number of carbonyl (C=O) groups excluding carboxylic acids is 3. The van der Waals surface area contributed by atoms with E-state index in [4.69, 9.17) is 4.74 Å². The topological polar surface area (TPSA) is 87.7 Å². The van der Waals surface area contributed by atoms with Gasteiger partial charge in [0.2, 0.25) is 5.91 Å². The monoisotopic (exact) mass is 479 g/mol. The average Bonchev–Trinajstić information content (AvgIpc) is 2.74. The van der Waals surface area contributed by atoms with Gasteiger partial charge in [0.15, 0.2) is 0 Å². The maximum atomic E-state index is 13.8. The van der Waals surface area contributed by atoms with Crippen LogP contribution in [0, 0.1) is 20.8 Å². The van der Waals surface area contributed by atoms with Gasteiger partial charge >= 0.3 is 6.09 Å². The Morgan fingerprint density at radius 2 is 1.57 bits per heavy atom. The zero-order valence-electron chi connectivity index (χ0n) is 21.8. The number of nitrogens with zero attached hydrogens (tertiary/aromatic N) is 1. The quantitative estimate of drug-likeness (QED) is 0.508. The standard InChI is InChI=1S/C28H37N3O4/c1-9-17-31(26(33)21(5)29-27(34)35-28(6,7)8)24(23-19(3)14-12-15-20(23)4)25(32)30-22-16-11-10-13-18(22)2/h9-16,21,24H,1,17H2,2-8H3,(H,29,34)(H,30,32). The first-order valence-corrected chi connectivity index (χ1v) is 11.7. The minimum atomic E-state index is -0.941. The van der Waals surface area contributed by atoms with E-state index in [2.05, 4.69) is 17.2 Å². The van der Waals surface area contributed by atoms with E-state index < -0.39 is 29.7 Å². The highest BCUT2D eigenvalue weighted by Crippen LogP contribution is 2.30. The van der Waals surface area contributed by atoms with Gasteiger partial charge in [0, 0.05) is 12.2 Å². The van der Waals surface area contributed by atoms with E-state index in [1.807, 2.05) is 63.2 Å². The first-order valence-electron chi connectivity index (χ1n) is 11.7. The Kier molecular flexibility index (Phi) is 9.23. The van der Waals surface area contributed by atoms with Gasteiger partial charge in [-0.05, 0) is 76.8 Å². The van der Waals surface area contributed by atoms with E-state index >= 15 is 0 Å². The van der Waals surface area contributed by atoms with Crippen LogP contribution in [0.25, 0.3) is 0 Å². The summed E-state index contributed by atoms with van der Waals surface area (Å²) in [4.78, 5) is 41.1. The van der Waals surface area contributed by atoms with Gasteiger partial charge < -0.3 is 20.3 Å². The molecule has 7 nitrogen and oxygen atoms in total. The van der Waals surface area contributed by atoms with Crippen molar-refractivity contribution in [1.29, 1.82) is 0 Å². The molecule has 0 aliphatic rings. The van der Waals surface area contributed by atoms with Crippen molar-refractivity contribution in [3.8, 4) is 0 Å². The molecule has 2 rings (SSSR count). The molecule has 2 N–H and O–H groups in total. The number of carbonyl (C=O) groups is 3. The molecule has 0 heterocycles. The molecule has 188 valence electrons. The molecule has 0 aliphatic carbocycles. The Hall–Kier alpha value is -3.61. The Bertz CT molecular complexity index is 1070. The lowest BCUT2D eigenvalue weighted by Crippen LogP contribution is -2.51. The molecule has 0 saturated carbocycles. The molecule has 2 aromatic carbocycles. The van der Waals surface area contributed by atoms with Crippen LogP contribution in [0.4, 0.5) is 10.5 Å². The van der Waals surface area contributed by atoms with E-state index in [1.54, 1.807) is 33.8 Å². The van der Waals surface area contributed by atoms with Crippen molar-refractivity contribution in [2.75, 3.05) is 11.9 Å². The van der Waals surface area contributed by atoms with E-state index in [0.29, 0.717) is 5.69 Å². The van der Waals surface area contributed by atoms with Crippen LogP contribution < -0.4 is 10.6 Å². The van der Waals surface area contributed by atoms with Gasteiger partial charge in [0.05, 0.1) is 0 Å². The van der Waals surface area contributed by atoms with Crippen LogP contribution in [-0.2, 0) is 14.3 Å². The minimum Gasteiger partial charge on any atom is -0.444 e. The summed E-state index contributed by atoms with van der Waals surface area (Å²) in [5, 5.41) is 5.58. The van der Waals surface area contributed by atoms with Gasteiger partial charge in [0.25, 0.3) is 5.91 Å². The SMILES string of the molecule is C=CCN(C(=O)C(C)NC(=O)OC(C)(C)C)C(C(=O)Nc1ccccc1C)c1c(C)cccc1C. The van der Waals surface area contributed by atoms with Crippen LogP contribution in [0.3, 0.4) is 0 Å². The van der Waals surface area contributed by atoms with Crippen LogP contribution in [0.5, 0.6) is 0 Å². The van der Waals surface area contributed by atoms with Gasteiger partial charge in [0.1, 0.15) is 17.7 Å². The zero-order valence-corrected chi connectivity index (χ0v) is 21.8. The van der Waals surface area contributed by atoms with Crippen LogP contribution in [0.2, 0.25) is 0 Å². The Morgan fingerprint density at radius 3 is 2.11 bits per heavy atom. The Morgan fingerprint density at radius 1 is 1.00 bits per heavy atom. The fourth-order valence-corrected chi connectivity index (χ4v) is 3.86. The molecular weight excluding hydrogens is 442 g/mol. The summed E-state index contributed by atoms with van der Waals surface area (Å²) < 4.78 is 5.30. The molecule has 0 radical (unpaired) electrons. The third-order valence-electron chi connectivity index (χ3n) is 5.49. The molecular formula is C28H37N3O4. The second kappa shape index (κ2) is 11.7. The van der Waals surface area contributed by atoms with E-state index in [9.17, 15) is 14.4 Å². The normalized spacial score (nSPS) is 12.8. The Labute approximate surface area is 208 Å². The molecule has 2 unspecified atom stereocenters. The number of alkyl carbamates (subject to hydrolysis) is 1. The Balaban J connectivity index is 2.49. The fraction of sp³-hybridized carbons (Fsp3) is 0.393. The third kappa shape index (κ3) is 7.44. The predicted octanol–water partition coefficient (Wildman–Crippen LogP) is 5.22. The molecule has 0 saturated heterocycles. The van der Waals surface area contributed by atoms with Crippen molar-refractivity contribution < 1.29 is 19.1 Å². The highest BCUT2D eigenvalue weighted by atomic mass is 16.6. The molecule has 2 atom stereocenters. The van der Waals surface area contributed by atoms with Gasteiger partial charge in [-0.25, -0.2) is 4.79 Å². The largest absolute Gasteiger partial charge is 0.444 e. The predicted molar refractivity (Wildman–Crippen MR) is 139 cm³/mol. The molecule has 0 spiro atoms. The summed E-state index contributed by atoms with van der Waals surface area (Å²) in [6, 6.07) is 11.3. The second-order valence-electron chi connectivity index (χ2n) is 9.66. The number of hydrogen-bond acceptors (Lipinski definition) is 4. The molecule has 2 aromatic rings. The number of nitrogens with one attached hydrogen (secondary N) is 2. The summed E-state index contributed by atoms with van der Waals surface area (Å²) in [5.41, 5.74) is 3.36. The first kappa shape index (κ1) is 27.6. The number of para-hydroxylation sites is 1. The number of rotatable bonds is 8. The van der Waals surface area contributed by atoms with Crippen molar-refractivity contribution in [3.05, 3.63) is 77.4 Å². The number of aryl methyl sites for hydroxylation is 3. The molecule has 0 bridgehead atoms. The van der Waals surface area contributed by atoms with E-state index in [0.717, 1.165) is 22.3 Å². The van der Waals surface area contributed by atoms with Crippen molar-refractivity contribution >= 4 is 23.6 Å². The minimum absolute atomic E-state index is 0.110. The summed E-state index contributed by atoms with van der Waals surface area (Å²) in [7, 11) is 0. The maximum absolute atomic E-state index is 13.8. The van der Waals surface area contributed by atoms with Gasteiger partial charge in [-0.3, -0.25) is 9.59 Å². The lowest BCUT2D eigenvalue weighted by atomic mass is 9.93. The van der Waals surface area contributed by atoms with Crippen LogP contribution in [0.1, 0.15) is 56.0 Å². The summed E-state index contributed by atoms with van der Waals surface area (Å²) in [6.45, 7) is 16.4. The number of benzene rings is 2. The lowest BCUT2D eigenvalue weighted by Gasteiger charge is -2.34. The van der Waals surface area contributed by atoms with Crippen molar-refractivity contribution in [2.24, 2.45) is 0 Å². The van der Waals surface area contributed by atoms with Gasteiger partial charge in [-0.15, -0.1) is 6.58 Å². The van der Waals surface area contributed by atoms with Crippen molar-refractivity contribution in [1.82, 2.24) is 10.2 Å². The first-order chi connectivity index (χ1) is 16.4. The second-order valence-corrected chi connectivity index (χ2v) is 9.66.